The zero-order valence-electron chi connectivity index (χ0n) is 12.6. The number of benzene rings is 1. The minimum atomic E-state index is -0.594. The van der Waals surface area contributed by atoms with Crippen molar-refractivity contribution in [3.63, 3.8) is 0 Å². The third-order valence-corrected chi connectivity index (χ3v) is 4.22. The zero-order chi connectivity index (χ0) is 15.3. The highest BCUT2D eigenvalue weighted by Crippen LogP contribution is 2.25. The van der Waals surface area contributed by atoms with Crippen LogP contribution in [0.3, 0.4) is 0 Å². The molecule has 1 aromatic rings. The van der Waals surface area contributed by atoms with Crippen LogP contribution in [0.25, 0.3) is 0 Å². The second-order valence-corrected chi connectivity index (χ2v) is 6.88. The SMILES string of the molecule is CC(C)C(CCO)NC(=O)C(C)(C)c1ccc(Br)cc1. The van der Waals surface area contributed by atoms with Crippen LogP contribution in [-0.2, 0) is 10.2 Å². The molecule has 1 atom stereocenters. The lowest BCUT2D eigenvalue weighted by atomic mass is 9.83. The van der Waals surface area contributed by atoms with Gasteiger partial charge in [-0.2, -0.15) is 0 Å². The van der Waals surface area contributed by atoms with Crippen LogP contribution < -0.4 is 5.32 Å². The summed E-state index contributed by atoms with van der Waals surface area (Å²) in [5.41, 5.74) is 0.383. The average molecular weight is 342 g/mol. The van der Waals surface area contributed by atoms with Crippen molar-refractivity contribution in [2.45, 2.75) is 45.6 Å². The van der Waals surface area contributed by atoms with Crippen LogP contribution >= 0.6 is 15.9 Å². The minimum absolute atomic E-state index is 0.00206. The molecule has 112 valence electrons. The molecule has 0 saturated heterocycles. The first-order valence-corrected chi connectivity index (χ1v) is 7.76. The summed E-state index contributed by atoms with van der Waals surface area (Å²) in [4.78, 5) is 12.5. The van der Waals surface area contributed by atoms with E-state index in [2.05, 4.69) is 21.2 Å². The highest BCUT2D eigenvalue weighted by molar-refractivity contribution is 9.10. The molecule has 0 saturated carbocycles. The Balaban J connectivity index is 2.85. The quantitative estimate of drug-likeness (QED) is 0.834. The van der Waals surface area contributed by atoms with Gasteiger partial charge in [0.25, 0.3) is 0 Å². The van der Waals surface area contributed by atoms with Crippen LogP contribution in [0.5, 0.6) is 0 Å². The first-order chi connectivity index (χ1) is 9.28. The predicted molar refractivity (Wildman–Crippen MR) is 85.6 cm³/mol. The Morgan fingerprint density at radius 1 is 1.30 bits per heavy atom. The largest absolute Gasteiger partial charge is 0.396 e. The number of carbonyl (C=O) groups excluding carboxylic acids is 1. The van der Waals surface area contributed by atoms with Gasteiger partial charge < -0.3 is 10.4 Å². The summed E-state index contributed by atoms with van der Waals surface area (Å²) in [5, 5.41) is 12.2. The summed E-state index contributed by atoms with van der Waals surface area (Å²) in [6.45, 7) is 8.02. The highest BCUT2D eigenvalue weighted by Gasteiger charge is 2.31. The van der Waals surface area contributed by atoms with Crippen molar-refractivity contribution in [3.05, 3.63) is 34.3 Å². The molecule has 0 bridgehead atoms. The van der Waals surface area contributed by atoms with E-state index >= 15 is 0 Å². The van der Waals surface area contributed by atoms with E-state index in [9.17, 15) is 4.79 Å². The molecule has 4 heteroatoms. The average Bonchev–Trinajstić information content (AvgIpc) is 2.38. The molecule has 0 fully saturated rings. The van der Waals surface area contributed by atoms with Gasteiger partial charge in [-0.1, -0.05) is 41.9 Å². The number of hydrogen-bond donors (Lipinski definition) is 2. The molecule has 1 rings (SSSR count). The maximum absolute atomic E-state index is 12.5. The monoisotopic (exact) mass is 341 g/mol. The smallest absolute Gasteiger partial charge is 0.230 e. The molecule has 0 aliphatic heterocycles. The van der Waals surface area contributed by atoms with Crippen molar-refractivity contribution in [1.29, 1.82) is 0 Å². The number of halogens is 1. The highest BCUT2D eigenvalue weighted by atomic mass is 79.9. The topological polar surface area (TPSA) is 49.3 Å². The van der Waals surface area contributed by atoms with E-state index in [-0.39, 0.29) is 18.6 Å². The molecule has 20 heavy (non-hydrogen) atoms. The Kier molecular flexibility index (Phi) is 6.21. The Hall–Kier alpha value is -0.870. The van der Waals surface area contributed by atoms with E-state index in [1.807, 2.05) is 52.0 Å². The number of aliphatic hydroxyl groups excluding tert-OH is 1. The van der Waals surface area contributed by atoms with Crippen LogP contribution in [0.2, 0.25) is 0 Å². The zero-order valence-corrected chi connectivity index (χ0v) is 14.2. The van der Waals surface area contributed by atoms with Crippen molar-refractivity contribution in [3.8, 4) is 0 Å². The van der Waals surface area contributed by atoms with Gasteiger partial charge in [-0.25, -0.2) is 0 Å². The van der Waals surface area contributed by atoms with Crippen LogP contribution in [0, 0.1) is 5.92 Å². The van der Waals surface area contributed by atoms with E-state index < -0.39 is 5.41 Å². The second kappa shape index (κ2) is 7.23. The fourth-order valence-electron chi connectivity index (χ4n) is 2.06. The van der Waals surface area contributed by atoms with Crippen LogP contribution in [0.4, 0.5) is 0 Å². The van der Waals surface area contributed by atoms with Gasteiger partial charge in [0.15, 0.2) is 0 Å². The van der Waals surface area contributed by atoms with Gasteiger partial charge in [-0.15, -0.1) is 0 Å². The van der Waals surface area contributed by atoms with E-state index in [1.165, 1.54) is 0 Å². The van der Waals surface area contributed by atoms with Gasteiger partial charge in [0.05, 0.1) is 5.41 Å². The molecular formula is C16H24BrNO2. The number of aliphatic hydroxyl groups is 1. The van der Waals surface area contributed by atoms with Gasteiger partial charge in [-0.3, -0.25) is 4.79 Å². The van der Waals surface area contributed by atoms with Crippen molar-refractivity contribution < 1.29 is 9.90 Å². The lowest BCUT2D eigenvalue weighted by Gasteiger charge is -2.29. The maximum Gasteiger partial charge on any atom is 0.230 e. The number of rotatable bonds is 6. The summed E-state index contributed by atoms with van der Waals surface area (Å²) in [6.07, 6.45) is 0.583. The van der Waals surface area contributed by atoms with Crippen LogP contribution in [0.15, 0.2) is 28.7 Å². The van der Waals surface area contributed by atoms with Gasteiger partial charge in [0, 0.05) is 17.1 Å². The molecule has 0 heterocycles. The number of hydrogen-bond acceptors (Lipinski definition) is 2. The summed E-state index contributed by atoms with van der Waals surface area (Å²) in [5.74, 6) is 0.291. The standard InChI is InChI=1S/C16H24BrNO2/c1-11(2)14(9-10-19)18-15(20)16(3,4)12-5-7-13(17)8-6-12/h5-8,11,14,19H,9-10H2,1-4H3,(H,18,20). The summed E-state index contributed by atoms with van der Waals surface area (Å²) >= 11 is 3.40. The first-order valence-electron chi connectivity index (χ1n) is 6.97. The lowest BCUT2D eigenvalue weighted by molar-refractivity contribution is -0.126. The Morgan fingerprint density at radius 3 is 2.30 bits per heavy atom. The Labute approximate surface area is 129 Å². The molecule has 1 amide bonds. The van der Waals surface area contributed by atoms with E-state index in [1.54, 1.807) is 0 Å². The summed E-state index contributed by atoms with van der Waals surface area (Å²) in [7, 11) is 0. The third kappa shape index (κ3) is 4.32. The lowest BCUT2D eigenvalue weighted by Crippen LogP contribution is -2.47. The van der Waals surface area contributed by atoms with Crippen molar-refractivity contribution in [2.75, 3.05) is 6.61 Å². The first kappa shape index (κ1) is 17.2. The molecular weight excluding hydrogens is 318 g/mol. The maximum atomic E-state index is 12.5. The number of amides is 1. The third-order valence-electron chi connectivity index (χ3n) is 3.69. The predicted octanol–water partition coefficient (Wildman–Crippen LogP) is 3.25. The molecule has 0 aromatic heterocycles. The van der Waals surface area contributed by atoms with E-state index in [0.29, 0.717) is 12.3 Å². The van der Waals surface area contributed by atoms with E-state index in [4.69, 9.17) is 5.11 Å². The Bertz CT molecular complexity index is 440. The van der Waals surface area contributed by atoms with Gasteiger partial charge >= 0.3 is 0 Å². The number of nitrogens with one attached hydrogen (secondary N) is 1. The molecule has 0 aliphatic rings. The molecule has 0 spiro atoms. The van der Waals surface area contributed by atoms with Gasteiger partial charge in [-0.05, 0) is 43.9 Å². The summed E-state index contributed by atoms with van der Waals surface area (Å²) < 4.78 is 0.998. The van der Waals surface area contributed by atoms with Gasteiger partial charge in [0.2, 0.25) is 5.91 Å². The van der Waals surface area contributed by atoms with Crippen molar-refractivity contribution >= 4 is 21.8 Å². The molecule has 0 aliphatic carbocycles. The fourth-order valence-corrected chi connectivity index (χ4v) is 2.32. The molecule has 1 unspecified atom stereocenters. The molecule has 2 N–H and O–H groups in total. The number of carbonyl (C=O) groups is 1. The summed E-state index contributed by atoms with van der Waals surface area (Å²) in [6, 6.07) is 7.80. The molecule has 1 aromatic carbocycles. The van der Waals surface area contributed by atoms with Crippen LogP contribution in [0.1, 0.15) is 39.7 Å². The van der Waals surface area contributed by atoms with Crippen molar-refractivity contribution in [1.82, 2.24) is 5.32 Å². The van der Waals surface area contributed by atoms with Crippen LogP contribution in [-0.4, -0.2) is 23.7 Å². The normalized spacial score (nSPS) is 13.3. The molecule has 0 radical (unpaired) electrons. The van der Waals surface area contributed by atoms with Gasteiger partial charge in [0.1, 0.15) is 0 Å². The van der Waals surface area contributed by atoms with E-state index in [0.717, 1.165) is 10.0 Å². The molecule has 3 nitrogen and oxygen atoms in total. The Morgan fingerprint density at radius 2 is 1.85 bits per heavy atom. The minimum Gasteiger partial charge on any atom is -0.396 e. The fraction of sp³-hybridized carbons (Fsp3) is 0.562. The van der Waals surface area contributed by atoms with Crippen molar-refractivity contribution in [2.24, 2.45) is 5.92 Å². The second-order valence-electron chi connectivity index (χ2n) is 5.97.